The molecule has 0 N–H and O–H groups in total. The molecule has 0 radical (unpaired) electrons. The first-order valence-corrected chi connectivity index (χ1v) is 6.62. The Morgan fingerprint density at radius 3 is 2.32 bits per heavy atom. The number of hydrogen-bond donors (Lipinski definition) is 0. The molecule has 0 saturated heterocycles. The van der Waals surface area contributed by atoms with Crippen LogP contribution in [0.4, 0.5) is 0 Å². The van der Waals surface area contributed by atoms with Crippen molar-refractivity contribution < 1.29 is 4.74 Å². The molecular formula is C15H11Cl2NO. The molecule has 0 spiro atoms. The number of nitriles is 1. The average Bonchev–Trinajstić information content (AvgIpc) is 2.43. The summed E-state index contributed by atoms with van der Waals surface area (Å²) in [5.41, 5.74) is 1.90. The highest BCUT2D eigenvalue weighted by atomic mass is 35.5. The molecule has 0 aliphatic heterocycles. The lowest BCUT2D eigenvalue weighted by atomic mass is 10.2. The smallest absolute Gasteiger partial charge is 0.146 e. The molecule has 0 saturated carbocycles. The van der Waals surface area contributed by atoms with E-state index < -0.39 is 0 Å². The fourth-order valence-corrected chi connectivity index (χ4v) is 2.01. The maximum atomic E-state index is 8.60. The van der Waals surface area contributed by atoms with E-state index in [-0.39, 0.29) is 0 Å². The van der Waals surface area contributed by atoms with Gasteiger partial charge in [0.1, 0.15) is 11.5 Å². The van der Waals surface area contributed by atoms with E-state index in [9.17, 15) is 0 Å². The minimum Gasteiger partial charge on any atom is -0.456 e. The molecule has 0 amide bonds. The second-order valence-electron chi connectivity index (χ2n) is 3.98. The lowest BCUT2D eigenvalue weighted by molar-refractivity contribution is 0.482. The highest BCUT2D eigenvalue weighted by Crippen LogP contribution is 2.30. The van der Waals surface area contributed by atoms with Crippen molar-refractivity contribution >= 4 is 23.2 Å². The Morgan fingerprint density at radius 1 is 1.05 bits per heavy atom. The van der Waals surface area contributed by atoms with Crippen LogP contribution in [0.15, 0.2) is 42.5 Å². The fraction of sp³-hybridized carbons (Fsp3) is 0.133. The van der Waals surface area contributed by atoms with Crippen LogP contribution in [0.5, 0.6) is 11.5 Å². The second-order valence-corrected chi connectivity index (χ2v) is 4.65. The van der Waals surface area contributed by atoms with Gasteiger partial charge in [0.05, 0.1) is 17.5 Å². The van der Waals surface area contributed by atoms with Crippen molar-refractivity contribution in [3.8, 4) is 17.6 Å². The Labute approximate surface area is 122 Å². The molecule has 2 aromatic rings. The maximum Gasteiger partial charge on any atom is 0.146 e. The van der Waals surface area contributed by atoms with Crippen LogP contribution in [0.2, 0.25) is 5.02 Å². The molecule has 0 bridgehead atoms. The molecule has 96 valence electrons. The van der Waals surface area contributed by atoms with Gasteiger partial charge in [0, 0.05) is 5.88 Å². The second kappa shape index (κ2) is 6.47. The molecule has 0 atom stereocenters. The summed E-state index contributed by atoms with van der Waals surface area (Å²) in [6.07, 6.45) is 0.394. The van der Waals surface area contributed by atoms with E-state index >= 15 is 0 Å². The summed E-state index contributed by atoms with van der Waals surface area (Å²) in [6.45, 7) is 0. The fourth-order valence-electron chi connectivity index (χ4n) is 1.60. The van der Waals surface area contributed by atoms with Gasteiger partial charge in [-0.1, -0.05) is 29.8 Å². The standard InChI is InChI=1S/C15H11Cl2NO/c16-10-12-3-6-15(14(17)9-12)19-13-4-1-11(2-5-13)7-8-18/h1-6,9H,7,10H2. The molecule has 4 heteroatoms. The maximum absolute atomic E-state index is 8.60. The minimum atomic E-state index is 0.394. The average molecular weight is 292 g/mol. The summed E-state index contributed by atoms with van der Waals surface area (Å²) in [7, 11) is 0. The number of halogens is 2. The van der Waals surface area contributed by atoms with Crippen LogP contribution in [-0.2, 0) is 12.3 Å². The van der Waals surface area contributed by atoms with Crippen LogP contribution in [0.25, 0.3) is 0 Å². The van der Waals surface area contributed by atoms with Crippen molar-refractivity contribution in [3.63, 3.8) is 0 Å². The van der Waals surface area contributed by atoms with Gasteiger partial charge < -0.3 is 4.74 Å². The lowest BCUT2D eigenvalue weighted by Gasteiger charge is -2.08. The predicted molar refractivity (Wildman–Crippen MR) is 76.8 cm³/mol. The third kappa shape index (κ3) is 3.64. The minimum absolute atomic E-state index is 0.394. The third-order valence-electron chi connectivity index (χ3n) is 2.58. The van der Waals surface area contributed by atoms with E-state index in [4.69, 9.17) is 33.2 Å². The van der Waals surface area contributed by atoms with Gasteiger partial charge in [0.15, 0.2) is 0 Å². The van der Waals surface area contributed by atoms with Crippen molar-refractivity contribution in [2.75, 3.05) is 0 Å². The summed E-state index contributed by atoms with van der Waals surface area (Å²) in [4.78, 5) is 0. The SMILES string of the molecule is N#CCc1ccc(Oc2ccc(CCl)cc2Cl)cc1. The Morgan fingerprint density at radius 2 is 1.74 bits per heavy atom. The summed E-state index contributed by atoms with van der Waals surface area (Å²) >= 11 is 11.8. The van der Waals surface area contributed by atoms with Crippen LogP contribution in [0.3, 0.4) is 0 Å². The quantitative estimate of drug-likeness (QED) is 0.748. The third-order valence-corrected chi connectivity index (χ3v) is 3.19. The van der Waals surface area contributed by atoms with Gasteiger partial charge >= 0.3 is 0 Å². The molecule has 19 heavy (non-hydrogen) atoms. The molecule has 0 fully saturated rings. The van der Waals surface area contributed by atoms with Crippen LogP contribution in [0.1, 0.15) is 11.1 Å². The van der Waals surface area contributed by atoms with Gasteiger partial charge in [-0.25, -0.2) is 0 Å². The normalized spacial score (nSPS) is 9.95. The number of rotatable bonds is 4. The summed E-state index contributed by atoms with van der Waals surface area (Å²) in [5, 5.41) is 9.13. The van der Waals surface area contributed by atoms with E-state index in [0.29, 0.717) is 28.8 Å². The number of nitrogens with zero attached hydrogens (tertiary/aromatic N) is 1. The van der Waals surface area contributed by atoms with Gasteiger partial charge in [0.2, 0.25) is 0 Å². The molecule has 2 aromatic carbocycles. The summed E-state index contributed by atoms with van der Waals surface area (Å²) < 4.78 is 5.68. The molecule has 2 nitrogen and oxygen atoms in total. The van der Waals surface area contributed by atoms with Crippen molar-refractivity contribution in [2.45, 2.75) is 12.3 Å². The van der Waals surface area contributed by atoms with Crippen molar-refractivity contribution in [3.05, 3.63) is 58.6 Å². The molecule has 0 heterocycles. The van der Waals surface area contributed by atoms with Gasteiger partial charge in [-0.05, 0) is 35.4 Å². The highest BCUT2D eigenvalue weighted by Gasteiger charge is 2.04. The number of benzene rings is 2. The first-order valence-electron chi connectivity index (χ1n) is 5.71. The van der Waals surface area contributed by atoms with Crippen molar-refractivity contribution in [2.24, 2.45) is 0 Å². The zero-order valence-corrected chi connectivity index (χ0v) is 11.6. The van der Waals surface area contributed by atoms with Gasteiger partial charge in [-0.2, -0.15) is 5.26 Å². The van der Waals surface area contributed by atoms with Crippen LogP contribution >= 0.6 is 23.2 Å². The Bertz CT molecular complexity index is 603. The molecule has 0 unspecified atom stereocenters. The number of alkyl halides is 1. The first-order chi connectivity index (χ1) is 9.22. The van der Waals surface area contributed by atoms with Crippen molar-refractivity contribution in [1.82, 2.24) is 0 Å². The van der Waals surface area contributed by atoms with Gasteiger partial charge in [-0.15, -0.1) is 11.6 Å². The Kier molecular flexibility index (Phi) is 4.68. The molecule has 0 aliphatic carbocycles. The van der Waals surface area contributed by atoms with E-state index in [1.165, 1.54) is 0 Å². The van der Waals surface area contributed by atoms with E-state index in [1.54, 1.807) is 12.1 Å². The predicted octanol–water partition coefficient (Wildman–Crippen LogP) is 4.94. The lowest BCUT2D eigenvalue weighted by Crippen LogP contribution is -1.88. The Balaban J connectivity index is 2.15. The first kappa shape index (κ1) is 13.7. The number of hydrogen-bond acceptors (Lipinski definition) is 2. The van der Waals surface area contributed by atoms with E-state index in [0.717, 1.165) is 11.1 Å². The topological polar surface area (TPSA) is 33.0 Å². The number of ether oxygens (including phenoxy) is 1. The summed E-state index contributed by atoms with van der Waals surface area (Å²) in [6, 6.07) is 14.9. The monoisotopic (exact) mass is 291 g/mol. The molecule has 0 aromatic heterocycles. The Hall–Kier alpha value is -1.69. The van der Waals surface area contributed by atoms with Gasteiger partial charge in [-0.3, -0.25) is 0 Å². The highest BCUT2D eigenvalue weighted by molar-refractivity contribution is 6.32. The van der Waals surface area contributed by atoms with Crippen LogP contribution in [-0.4, -0.2) is 0 Å². The van der Waals surface area contributed by atoms with Crippen LogP contribution < -0.4 is 4.74 Å². The molecule has 0 aliphatic rings. The van der Waals surface area contributed by atoms with E-state index in [2.05, 4.69) is 6.07 Å². The zero-order chi connectivity index (χ0) is 13.7. The van der Waals surface area contributed by atoms with Gasteiger partial charge in [0.25, 0.3) is 0 Å². The summed E-state index contributed by atoms with van der Waals surface area (Å²) in [5.74, 6) is 1.69. The van der Waals surface area contributed by atoms with Crippen LogP contribution in [0, 0.1) is 11.3 Å². The zero-order valence-electron chi connectivity index (χ0n) is 10.1. The molecule has 2 rings (SSSR count). The van der Waals surface area contributed by atoms with E-state index in [1.807, 2.05) is 30.3 Å². The largest absolute Gasteiger partial charge is 0.456 e. The van der Waals surface area contributed by atoms with Crippen molar-refractivity contribution in [1.29, 1.82) is 5.26 Å². The molecular weight excluding hydrogens is 281 g/mol.